The maximum atomic E-state index is 13.1. The van der Waals surface area contributed by atoms with E-state index in [0.29, 0.717) is 11.3 Å². The number of nitrogens with one attached hydrogen (secondary N) is 1. The van der Waals surface area contributed by atoms with Crippen molar-refractivity contribution in [3.05, 3.63) is 59.9 Å². The van der Waals surface area contributed by atoms with Crippen molar-refractivity contribution < 1.29 is 33.7 Å². The molecule has 8 heteroatoms. The fraction of sp³-hybridized carbons (Fsp3) is 0.118. The molecule has 0 fully saturated rings. The average molecular weight is 347 g/mol. The molecule has 0 atom stereocenters. The van der Waals surface area contributed by atoms with Crippen molar-refractivity contribution in [3.8, 4) is 5.75 Å². The van der Waals surface area contributed by atoms with Gasteiger partial charge in [-0.25, -0.2) is 4.39 Å². The monoisotopic (exact) mass is 347 g/mol. The van der Waals surface area contributed by atoms with Crippen LogP contribution in [-0.2, 0) is 21.0 Å². The minimum atomic E-state index is -2.19. The highest BCUT2D eigenvalue weighted by Gasteiger charge is 2.33. The summed E-state index contributed by atoms with van der Waals surface area (Å²) in [5.41, 5.74) is 0.860. The van der Waals surface area contributed by atoms with Gasteiger partial charge in [-0.15, -0.1) is 0 Å². The Labute approximate surface area is 141 Å². The van der Waals surface area contributed by atoms with Gasteiger partial charge in [0.05, 0.1) is 0 Å². The second-order valence-corrected chi connectivity index (χ2v) is 5.04. The van der Waals surface area contributed by atoms with Gasteiger partial charge >= 0.3 is 11.9 Å². The first-order valence-electron chi connectivity index (χ1n) is 7.10. The summed E-state index contributed by atoms with van der Waals surface area (Å²) in [7, 11) is 0. The maximum absolute atomic E-state index is 13.1. The fourth-order valence-electron chi connectivity index (χ4n) is 1.97. The third kappa shape index (κ3) is 5.03. The van der Waals surface area contributed by atoms with E-state index in [-0.39, 0.29) is 18.1 Å². The van der Waals surface area contributed by atoms with Gasteiger partial charge in [-0.2, -0.15) is 0 Å². The Morgan fingerprint density at radius 2 is 1.68 bits per heavy atom. The van der Waals surface area contributed by atoms with E-state index in [2.05, 4.69) is 5.32 Å². The summed E-state index contributed by atoms with van der Waals surface area (Å²) in [4.78, 5) is 33.2. The van der Waals surface area contributed by atoms with Gasteiger partial charge in [0.1, 0.15) is 18.2 Å². The zero-order chi connectivity index (χ0) is 18.4. The molecule has 0 heterocycles. The van der Waals surface area contributed by atoms with E-state index in [1.807, 2.05) is 0 Å². The van der Waals surface area contributed by atoms with Crippen LogP contribution in [0, 0.1) is 11.7 Å². The summed E-state index contributed by atoms with van der Waals surface area (Å²) in [5.74, 6) is -6.78. The van der Waals surface area contributed by atoms with Gasteiger partial charge in [-0.3, -0.25) is 14.4 Å². The highest BCUT2D eigenvalue weighted by molar-refractivity contribution is 6.17. The number of carboxylic acids is 2. The zero-order valence-electron chi connectivity index (χ0n) is 12.8. The summed E-state index contributed by atoms with van der Waals surface area (Å²) >= 11 is 0. The molecule has 25 heavy (non-hydrogen) atoms. The van der Waals surface area contributed by atoms with Gasteiger partial charge in [0, 0.05) is 5.69 Å². The number of halogens is 1. The van der Waals surface area contributed by atoms with Crippen molar-refractivity contribution in [2.24, 2.45) is 5.92 Å². The molecule has 2 aromatic carbocycles. The molecule has 0 radical (unpaired) electrons. The molecule has 0 aromatic heterocycles. The van der Waals surface area contributed by atoms with Gasteiger partial charge in [0.2, 0.25) is 11.8 Å². The van der Waals surface area contributed by atoms with Crippen LogP contribution >= 0.6 is 0 Å². The third-order valence-corrected chi connectivity index (χ3v) is 3.17. The predicted octanol–water partition coefficient (Wildman–Crippen LogP) is 2.13. The SMILES string of the molecule is O=C(O)C(C(=O)O)C(=O)Nc1ccc(OCc2cccc(F)c2)cc1. The Bertz CT molecular complexity index is 776. The van der Waals surface area contributed by atoms with E-state index >= 15 is 0 Å². The van der Waals surface area contributed by atoms with Crippen molar-refractivity contribution in [2.45, 2.75) is 6.61 Å². The molecule has 0 spiro atoms. The Balaban J connectivity index is 1.96. The molecule has 0 aliphatic rings. The lowest BCUT2D eigenvalue weighted by Gasteiger charge is -2.10. The van der Waals surface area contributed by atoms with Crippen molar-refractivity contribution in [2.75, 3.05) is 5.32 Å². The van der Waals surface area contributed by atoms with Gasteiger partial charge in [-0.1, -0.05) is 12.1 Å². The van der Waals surface area contributed by atoms with Gasteiger partial charge in [0.25, 0.3) is 0 Å². The summed E-state index contributed by atoms with van der Waals surface area (Å²) in [6.45, 7) is 0.142. The Morgan fingerprint density at radius 3 is 2.24 bits per heavy atom. The lowest BCUT2D eigenvalue weighted by molar-refractivity contribution is -0.157. The number of aliphatic carboxylic acids is 2. The predicted molar refractivity (Wildman–Crippen MR) is 84.6 cm³/mol. The molecular formula is C17H14FNO6. The van der Waals surface area contributed by atoms with E-state index in [9.17, 15) is 18.8 Å². The number of hydrogen-bond acceptors (Lipinski definition) is 4. The number of ether oxygens (including phenoxy) is 1. The first-order chi connectivity index (χ1) is 11.9. The first-order valence-corrected chi connectivity index (χ1v) is 7.10. The van der Waals surface area contributed by atoms with Crippen molar-refractivity contribution in [1.29, 1.82) is 0 Å². The molecular weight excluding hydrogens is 333 g/mol. The quantitative estimate of drug-likeness (QED) is 0.661. The summed E-state index contributed by atoms with van der Waals surface area (Å²) in [6, 6.07) is 11.8. The van der Waals surface area contributed by atoms with E-state index < -0.39 is 23.8 Å². The van der Waals surface area contributed by atoms with E-state index in [0.717, 1.165) is 0 Å². The van der Waals surface area contributed by atoms with Crippen LogP contribution < -0.4 is 10.1 Å². The molecule has 1 amide bonds. The summed E-state index contributed by atoms with van der Waals surface area (Å²) in [5, 5.41) is 19.7. The van der Waals surface area contributed by atoms with Crippen molar-refractivity contribution in [3.63, 3.8) is 0 Å². The van der Waals surface area contributed by atoms with Crippen LogP contribution in [-0.4, -0.2) is 28.1 Å². The second-order valence-electron chi connectivity index (χ2n) is 5.04. The number of carbonyl (C=O) groups is 3. The fourth-order valence-corrected chi connectivity index (χ4v) is 1.97. The van der Waals surface area contributed by atoms with Crippen LogP contribution in [0.3, 0.4) is 0 Å². The van der Waals surface area contributed by atoms with Crippen LogP contribution in [0.4, 0.5) is 10.1 Å². The van der Waals surface area contributed by atoms with Crippen molar-refractivity contribution in [1.82, 2.24) is 0 Å². The molecule has 0 saturated heterocycles. The van der Waals surface area contributed by atoms with Crippen LogP contribution in [0.2, 0.25) is 0 Å². The van der Waals surface area contributed by atoms with Crippen LogP contribution in [0.15, 0.2) is 48.5 Å². The molecule has 0 aliphatic heterocycles. The van der Waals surface area contributed by atoms with E-state index in [4.69, 9.17) is 14.9 Å². The van der Waals surface area contributed by atoms with Gasteiger partial charge in [0.15, 0.2) is 0 Å². The molecule has 0 unspecified atom stereocenters. The molecule has 7 nitrogen and oxygen atoms in total. The summed E-state index contributed by atoms with van der Waals surface area (Å²) in [6.07, 6.45) is 0. The Kier molecular flexibility index (Phi) is 5.67. The average Bonchev–Trinajstić information content (AvgIpc) is 2.53. The number of benzene rings is 2. The number of carboxylic acid groups (broad SMARTS) is 2. The minimum absolute atomic E-state index is 0.142. The normalized spacial score (nSPS) is 10.3. The molecule has 0 aliphatic carbocycles. The van der Waals surface area contributed by atoms with Crippen LogP contribution in [0.1, 0.15) is 5.56 Å². The topological polar surface area (TPSA) is 113 Å². The number of anilines is 1. The molecule has 0 bridgehead atoms. The lowest BCUT2D eigenvalue weighted by Crippen LogP contribution is -2.35. The Hall–Kier alpha value is -3.42. The maximum Gasteiger partial charge on any atom is 0.327 e. The molecule has 2 rings (SSSR count). The lowest BCUT2D eigenvalue weighted by atomic mass is 10.1. The van der Waals surface area contributed by atoms with E-state index in [1.165, 1.54) is 36.4 Å². The zero-order valence-corrected chi connectivity index (χ0v) is 12.8. The smallest absolute Gasteiger partial charge is 0.327 e. The largest absolute Gasteiger partial charge is 0.489 e. The molecule has 0 saturated carbocycles. The highest BCUT2D eigenvalue weighted by Crippen LogP contribution is 2.18. The van der Waals surface area contributed by atoms with Crippen molar-refractivity contribution >= 4 is 23.5 Å². The highest BCUT2D eigenvalue weighted by atomic mass is 19.1. The third-order valence-electron chi connectivity index (χ3n) is 3.17. The molecule has 2 aromatic rings. The molecule has 3 N–H and O–H groups in total. The van der Waals surface area contributed by atoms with Crippen LogP contribution in [0.5, 0.6) is 5.75 Å². The number of carbonyl (C=O) groups excluding carboxylic acids is 1. The second kappa shape index (κ2) is 7.91. The van der Waals surface area contributed by atoms with E-state index in [1.54, 1.807) is 12.1 Å². The van der Waals surface area contributed by atoms with Gasteiger partial charge in [-0.05, 0) is 42.0 Å². The first kappa shape index (κ1) is 17.9. The number of rotatable bonds is 7. The minimum Gasteiger partial charge on any atom is -0.489 e. The summed E-state index contributed by atoms with van der Waals surface area (Å²) < 4.78 is 18.5. The number of hydrogen-bond donors (Lipinski definition) is 3. The van der Waals surface area contributed by atoms with Crippen LogP contribution in [0.25, 0.3) is 0 Å². The number of amides is 1. The standard InChI is InChI=1S/C17H14FNO6/c18-11-3-1-2-10(8-11)9-25-13-6-4-12(5-7-13)19-15(20)14(16(21)22)17(23)24/h1-8,14H,9H2,(H,19,20)(H,21,22)(H,23,24). The Morgan fingerprint density at radius 1 is 1.04 bits per heavy atom. The van der Waals surface area contributed by atoms with Gasteiger partial charge < -0.3 is 20.3 Å². The molecule has 130 valence electrons.